The largest absolute Gasteiger partial charge is 0.340 e. The van der Waals surface area contributed by atoms with Crippen LogP contribution in [0.25, 0.3) is 17.0 Å². The molecule has 0 spiro atoms. The van der Waals surface area contributed by atoms with Crippen LogP contribution >= 0.6 is 0 Å². The van der Waals surface area contributed by atoms with Gasteiger partial charge in [-0.25, -0.2) is 9.97 Å². The third-order valence-electron chi connectivity index (χ3n) is 3.95. The van der Waals surface area contributed by atoms with Crippen molar-refractivity contribution in [3.8, 4) is 11.3 Å². The normalized spacial score (nSPS) is 11.5. The van der Waals surface area contributed by atoms with Crippen molar-refractivity contribution in [1.29, 1.82) is 0 Å². The number of benzene rings is 1. The third kappa shape index (κ3) is 3.14. The molecule has 3 aromatic heterocycles. The number of hydrogen-bond acceptors (Lipinski definition) is 6. The van der Waals surface area contributed by atoms with E-state index in [9.17, 15) is 0 Å². The Morgan fingerprint density at radius 2 is 1.92 bits per heavy atom. The van der Waals surface area contributed by atoms with Crippen molar-refractivity contribution in [2.45, 2.75) is 20.0 Å². The second kappa shape index (κ2) is 6.45. The molecule has 0 aliphatic rings. The molecular formula is C18H18N6O. The lowest BCUT2D eigenvalue weighted by atomic mass is 10.1. The SMILES string of the molecule is Cc1nc(CN(C)Cc2c(-c3ccccc3)nc3ncccn23)no1. The molecule has 7 nitrogen and oxygen atoms in total. The Morgan fingerprint density at radius 1 is 1.08 bits per heavy atom. The standard InChI is InChI=1S/C18H18N6O/c1-13-20-16(22-25-13)12-23(2)11-15-17(14-7-4-3-5-8-14)21-18-19-9-6-10-24(15)18/h3-10H,11-12H2,1-2H3. The number of fused-ring (bicyclic) bond motifs is 1. The first-order valence-corrected chi connectivity index (χ1v) is 8.06. The molecule has 126 valence electrons. The fourth-order valence-corrected chi connectivity index (χ4v) is 2.87. The molecule has 0 amide bonds. The maximum absolute atomic E-state index is 5.05. The van der Waals surface area contributed by atoms with E-state index in [4.69, 9.17) is 9.51 Å². The van der Waals surface area contributed by atoms with Crippen LogP contribution in [0.15, 0.2) is 53.3 Å². The smallest absolute Gasteiger partial charge is 0.234 e. The molecule has 25 heavy (non-hydrogen) atoms. The van der Waals surface area contributed by atoms with Crippen molar-refractivity contribution in [2.75, 3.05) is 7.05 Å². The minimum absolute atomic E-state index is 0.576. The molecule has 0 saturated carbocycles. The molecule has 0 fully saturated rings. The molecule has 0 radical (unpaired) electrons. The fourth-order valence-electron chi connectivity index (χ4n) is 2.87. The summed E-state index contributed by atoms with van der Waals surface area (Å²) in [5, 5.41) is 3.97. The molecule has 0 N–H and O–H groups in total. The second-order valence-electron chi connectivity index (χ2n) is 5.96. The summed E-state index contributed by atoms with van der Waals surface area (Å²) in [6, 6.07) is 12.1. The van der Waals surface area contributed by atoms with Crippen molar-refractivity contribution in [3.05, 3.63) is 66.2 Å². The van der Waals surface area contributed by atoms with Crippen LogP contribution in [0.2, 0.25) is 0 Å². The molecule has 4 rings (SSSR count). The van der Waals surface area contributed by atoms with E-state index in [-0.39, 0.29) is 0 Å². The van der Waals surface area contributed by atoms with E-state index >= 15 is 0 Å². The first-order valence-electron chi connectivity index (χ1n) is 8.06. The summed E-state index contributed by atoms with van der Waals surface area (Å²) in [6.07, 6.45) is 3.75. The van der Waals surface area contributed by atoms with Gasteiger partial charge in [0, 0.05) is 31.4 Å². The number of aromatic nitrogens is 5. The molecule has 0 bridgehead atoms. The minimum atomic E-state index is 0.576. The van der Waals surface area contributed by atoms with E-state index in [0.29, 0.717) is 30.6 Å². The van der Waals surface area contributed by atoms with E-state index in [1.54, 1.807) is 13.1 Å². The van der Waals surface area contributed by atoms with Crippen molar-refractivity contribution in [1.82, 2.24) is 29.4 Å². The van der Waals surface area contributed by atoms with E-state index in [1.807, 2.05) is 41.9 Å². The molecular weight excluding hydrogens is 316 g/mol. The molecule has 0 aliphatic heterocycles. The van der Waals surface area contributed by atoms with Crippen molar-refractivity contribution in [2.24, 2.45) is 0 Å². The number of imidazole rings is 1. The van der Waals surface area contributed by atoms with Gasteiger partial charge in [-0.1, -0.05) is 35.5 Å². The zero-order chi connectivity index (χ0) is 17.2. The Bertz CT molecular complexity index is 991. The van der Waals surface area contributed by atoms with Gasteiger partial charge in [0.2, 0.25) is 11.7 Å². The molecule has 7 heteroatoms. The van der Waals surface area contributed by atoms with E-state index in [2.05, 4.69) is 32.2 Å². The third-order valence-corrected chi connectivity index (χ3v) is 3.95. The molecule has 0 unspecified atom stereocenters. The summed E-state index contributed by atoms with van der Waals surface area (Å²) in [6.45, 7) is 3.07. The van der Waals surface area contributed by atoms with Gasteiger partial charge in [0.25, 0.3) is 0 Å². The maximum Gasteiger partial charge on any atom is 0.234 e. The lowest BCUT2D eigenvalue weighted by molar-refractivity contribution is 0.297. The summed E-state index contributed by atoms with van der Waals surface area (Å²) < 4.78 is 7.08. The highest BCUT2D eigenvalue weighted by Crippen LogP contribution is 2.24. The number of rotatable bonds is 5. The Morgan fingerprint density at radius 3 is 2.68 bits per heavy atom. The number of hydrogen-bond donors (Lipinski definition) is 0. The second-order valence-corrected chi connectivity index (χ2v) is 5.96. The molecule has 3 heterocycles. The van der Waals surface area contributed by atoms with Crippen LogP contribution in [0.5, 0.6) is 0 Å². The zero-order valence-electron chi connectivity index (χ0n) is 14.1. The van der Waals surface area contributed by atoms with Crippen molar-refractivity contribution >= 4 is 5.78 Å². The first kappa shape index (κ1) is 15.5. The van der Waals surface area contributed by atoms with Crippen LogP contribution in [0.3, 0.4) is 0 Å². The first-order chi connectivity index (χ1) is 12.2. The minimum Gasteiger partial charge on any atom is -0.340 e. The van der Waals surface area contributed by atoms with E-state index in [0.717, 1.165) is 17.0 Å². The molecule has 0 saturated heterocycles. The van der Waals surface area contributed by atoms with Crippen LogP contribution in [0.1, 0.15) is 17.4 Å². The van der Waals surface area contributed by atoms with Gasteiger partial charge < -0.3 is 4.52 Å². The highest BCUT2D eigenvalue weighted by atomic mass is 16.5. The fraction of sp³-hybridized carbons (Fsp3) is 0.222. The monoisotopic (exact) mass is 334 g/mol. The molecule has 0 aliphatic carbocycles. The highest BCUT2D eigenvalue weighted by Gasteiger charge is 2.17. The van der Waals surface area contributed by atoms with Gasteiger partial charge in [-0.05, 0) is 13.1 Å². The van der Waals surface area contributed by atoms with Crippen LogP contribution in [0.4, 0.5) is 0 Å². The summed E-state index contributed by atoms with van der Waals surface area (Å²) in [5.74, 6) is 1.95. The summed E-state index contributed by atoms with van der Waals surface area (Å²) in [5.41, 5.74) is 3.10. The van der Waals surface area contributed by atoms with Crippen LogP contribution in [0, 0.1) is 6.92 Å². The van der Waals surface area contributed by atoms with Gasteiger partial charge >= 0.3 is 0 Å². The maximum atomic E-state index is 5.05. The Labute approximate surface area is 145 Å². The Kier molecular flexibility index (Phi) is 3.99. The average molecular weight is 334 g/mol. The van der Waals surface area contributed by atoms with Gasteiger partial charge in [-0.3, -0.25) is 9.30 Å². The van der Waals surface area contributed by atoms with Gasteiger partial charge in [0.05, 0.1) is 17.9 Å². The predicted molar refractivity (Wildman–Crippen MR) is 92.6 cm³/mol. The number of nitrogens with zero attached hydrogens (tertiary/aromatic N) is 6. The Balaban J connectivity index is 1.70. The highest BCUT2D eigenvalue weighted by molar-refractivity contribution is 5.65. The van der Waals surface area contributed by atoms with Crippen LogP contribution in [-0.2, 0) is 13.1 Å². The lowest BCUT2D eigenvalue weighted by Crippen LogP contribution is -2.19. The van der Waals surface area contributed by atoms with Crippen molar-refractivity contribution in [3.63, 3.8) is 0 Å². The summed E-state index contributed by atoms with van der Waals surface area (Å²) >= 11 is 0. The predicted octanol–water partition coefficient (Wildman–Crippen LogP) is 2.72. The lowest BCUT2D eigenvalue weighted by Gasteiger charge is -2.15. The van der Waals surface area contributed by atoms with Gasteiger partial charge in [-0.15, -0.1) is 0 Å². The van der Waals surface area contributed by atoms with Gasteiger partial charge in [-0.2, -0.15) is 4.98 Å². The topological polar surface area (TPSA) is 72.4 Å². The summed E-state index contributed by atoms with van der Waals surface area (Å²) in [7, 11) is 2.02. The van der Waals surface area contributed by atoms with Gasteiger partial charge in [0.15, 0.2) is 5.82 Å². The zero-order valence-corrected chi connectivity index (χ0v) is 14.1. The molecule has 1 aromatic carbocycles. The van der Waals surface area contributed by atoms with Crippen LogP contribution in [-0.4, -0.2) is 36.5 Å². The van der Waals surface area contributed by atoms with E-state index < -0.39 is 0 Å². The Hall–Kier alpha value is -3.06. The molecule has 0 atom stereocenters. The van der Waals surface area contributed by atoms with Gasteiger partial charge in [0.1, 0.15) is 0 Å². The number of aryl methyl sites for hydroxylation is 1. The quantitative estimate of drug-likeness (QED) is 0.559. The summed E-state index contributed by atoms with van der Waals surface area (Å²) in [4.78, 5) is 15.5. The molecule has 4 aromatic rings. The average Bonchev–Trinajstić information content (AvgIpc) is 3.19. The van der Waals surface area contributed by atoms with Crippen molar-refractivity contribution < 1.29 is 4.52 Å². The van der Waals surface area contributed by atoms with E-state index in [1.165, 1.54) is 0 Å². The van der Waals surface area contributed by atoms with Crippen LogP contribution < -0.4 is 0 Å².